The Bertz CT molecular complexity index is 707. The van der Waals surface area contributed by atoms with Gasteiger partial charge in [0.1, 0.15) is 0 Å². The molecule has 0 bridgehead atoms. The minimum atomic E-state index is -0.388. The van der Waals surface area contributed by atoms with Gasteiger partial charge in [-0.25, -0.2) is 4.79 Å². The number of hydrogen-bond donors (Lipinski definition) is 1. The zero-order chi connectivity index (χ0) is 16.1. The zero-order valence-corrected chi connectivity index (χ0v) is 13.0. The topological polar surface area (TPSA) is 55.4 Å². The van der Waals surface area contributed by atoms with Crippen LogP contribution in [0, 0.1) is 13.8 Å². The molecule has 1 N–H and O–H groups in total. The van der Waals surface area contributed by atoms with Crippen molar-refractivity contribution >= 4 is 17.6 Å². The Kier molecular flexibility index (Phi) is 4.94. The van der Waals surface area contributed by atoms with E-state index in [-0.39, 0.29) is 11.9 Å². The fraction of sp³-hybridized carbons (Fsp3) is 0.222. The second-order valence-corrected chi connectivity index (χ2v) is 5.17. The van der Waals surface area contributed by atoms with E-state index >= 15 is 0 Å². The molecule has 0 heterocycles. The molecule has 0 aromatic heterocycles. The quantitative estimate of drug-likeness (QED) is 0.881. The molecule has 22 heavy (non-hydrogen) atoms. The maximum absolute atomic E-state index is 12.2. The summed E-state index contributed by atoms with van der Waals surface area (Å²) in [6.07, 6.45) is 0.324. The van der Waals surface area contributed by atoms with Gasteiger partial charge >= 0.3 is 5.97 Å². The second-order valence-electron chi connectivity index (χ2n) is 5.17. The number of carbonyl (C=O) groups is 2. The van der Waals surface area contributed by atoms with Crippen LogP contribution in [0.15, 0.2) is 42.5 Å². The Morgan fingerprint density at radius 3 is 2.41 bits per heavy atom. The number of ether oxygens (including phenoxy) is 1. The van der Waals surface area contributed by atoms with E-state index in [2.05, 4.69) is 10.1 Å². The van der Waals surface area contributed by atoms with E-state index in [0.29, 0.717) is 17.7 Å². The van der Waals surface area contributed by atoms with Gasteiger partial charge in [0.05, 0.1) is 19.1 Å². The van der Waals surface area contributed by atoms with Crippen LogP contribution in [0.25, 0.3) is 0 Å². The minimum Gasteiger partial charge on any atom is -0.465 e. The first-order valence-electron chi connectivity index (χ1n) is 7.04. The normalized spacial score (nSPS) is 10.1. The van der Waals surface area contributed by atoms with E-state index in [4.69, 9.17) is 0 Å². The molecular formula is C18H19NO3. The Morgan fingerprint density at radius 2 is 1.77 bits per heavy atom. The highest BCUT2D eigenvalue weighted by atomic mass is 16.5. The molecule has 4 nitrogen and oxygen atoms in total. The number of nitrogens with one attached hydrogen (secondary N) is 1. The highest BCUT2D eigenvalue weighted by Gasteiger charge is 2.10. The van der Waals surface area contributed by atoms with Crippen molar-refractivity contribution in [1.29, 1.82) is 0 Å². The van der Waals surface area contributed by atoms with Gasteiger partial charge in [0.2, 0.25) is 5.91 Å². The number of aryl methyl sites for hydroxylation is 2. The number of rotatable bonds is 4. The van der Waals surface area contributed by atoms with Gasteiger partial charge in [0.15, 0.2) is 0 Å². The fourth-order valence-electron chi connectivity index (χ4n) is 2.22. The van der Waals surface area contributed by atoms with Crippen LogP contribution in [-0.4, -0.2) is 19.0 Å². The van der Waals surface area contributed by atoms with E-state index in [1.54, 1.807) is 18.2 Å². The third kappa shape index (κ3) is 3.73. The van der Waals surface area contributed by atoms with Gasteiger partial charge in [-0.2, -0.15) is 0 Å². The summed E-state index contributed by atoms with van der Waals surface area (Å²) < 4.78 is 4.68. The summed E-state index contributed by atoms with van der Waals surface area (Å²) in [6.45, 7) is 3.83. The van der Waals surface area contributed by atoms with Crippen molar-refractivity contribution in [2.45, 2.75) is 20.3 Å². The van der Waals surface area contributed by atoms with Crippen LogP contribution in [0.1, 0.15) is 27.0 Å². The lowest BCUT2D eigenvalue weighted by Gasteiger charge is -2.10. The van der Waals surface area contributed by atoms with E-state index in [9.17, 15) is 9.59 Å². The highest BCUT2D eigenvalue weighted by molar-refractivity contribution is 5.95. The first kappa shape index (κ1) is 15.8. The molecule has 0 radical (unpaired) electrons. The van der Waals surface area contributed by atoms with Crippen LogP contribution in [0.5, 0.6) is 0 Å². The zero-order valence-electron chi connectivity index (χ0n) is 13.0. The summed E-state index contributed by atoms with van der Waals surface area (Å²) in [7, 11) is 1.34. The van der Waals surface area contributed by atoms with Crippen LogP contribution in [-0.2, 0) is 16.0 Å². The Balaban J connectivity index is 2.09. The summed E-state index contributed by atoms with van der Waals surface area (Å²) in [4.78, 5) is 23.6. The lowest BCUT2D eigenvalue weighted by atomic mass is 10.1. The van der Waals surface area contributed by atoms with Gasteiger partial charge in [0, 0.05) is 5.69 Å². The third-order valence-electron chi connectivity index (χ3n) is 3.53. The molecule has 0 spiro atoms. The maximum Gasteiger partial charge on any atom is 0.337 e. The van der Waals surface area contributed by atoms with Gasteiger partial charge in [-0.1, -0.05) is 24.3 Å². The molecule has 2 rings (SSSR count). The SMILES string of the molecule is COC(=O)c1ccc(NC(=O)Cc2ccccc2C)c(C)c1. The first-order chi connectivity index (χ1) is 10.5. The molecule has 2 aromatic carbocycles. The summed E-state index contributed by atoms with van der Waals surface area (Å²) in [5.74, 6) is -0.468. The largest absolute Gasteiger partial charge is 0.465 e. The standard InChI is InChI=1S/C18H19NO3/c1-12-6-4-5-7-14(12)11-17(20)19-16-9-8-15(10-13(16)2)18(21)22-3/h4-10H,11H2,1-3H3,(H,19,20). The predicted octanol–water partition coefficient (Wildman–Crippen LogP) is 3.27. The Hall–Kier alpha value is -2.62. The smallest absolute Gasteiger partial charge is 0.337 e. The predicted molar refractivity (Wildman–Crippen MR) is 86.0 cm³/mol. The summed E-state index contributed by atoms with van der Waals surface area (Å²) in [6, 6.07) is 12.9. The second kappa shape index (κ2) is 6.89. The van der Waals surface area contributed by atoms with E-state index in [1.165, 1.54) is 7.11 Å². The summed E-state index contributed by atoms with van der Waals surface area (Å²) >= 11 is 0. The van der Waals surface area contributed by atoms with Crippen molar-refractivity contribution in [2.24, 2.45) is 0 Å². The monoisotopic (exact) mass is 297 g/mol. The van der Waals surface area contributed by atoms with Gasteiger partial charge in [-0.3, -0.25) is 4.79 Å². The van der Waals surface area contributed by atoms with Crippen LogP contribution >= 0.6 is 0 Å². The maximum atomic E-state index is 12.2. The van der Waals surface area contributed by atoms with Gasteiger partial charge in [0.25, 0.3) is 0 Å². The fourth-order valence-corrected chi connectivity index (χ4v) is 2.22. The van der Waals surface area contributed by atoms with Crippen molar-refractivity contribution in [1.82, 2.24) is 0 Å². The van der Waals surface area contributed by atoms with E-state index in [0.717, 1.165) is 16.7 Å². The third-order valence-corrected chi connectivity index (χ3v) is 3.53. The minimum absolute atomic E-state index is 0.0804. The van der Waals surface area contributed by atoms with E-state index in [1.807, 2.05) is 38.1 Å². The van der Waals surface area contributed by atoms with Gasteiger partial charge < -0.3 is 10.1 Å². The molecule has 0 fully saturated rings. The van der Waals surface area contributed by atoms with Crippen LogP contribution in [0.4, 0.5) is 5.69 Å². The van der Waals surface area contributed by atoms with Gasteiger partial charge in [-0.15, -0.1) is 0 Å². The molecule has 0 aliphatic carbocycles. The van der Waals surface area contributed by atoms with Gasteiger partial charge in [-0.05, 0) is 48.7 Å². The molecule has 0 saturated heterocycles. The number of amides is 1. The first-order valence-corrected chi connectivity index (χ1v) is 7.04. The average molecular weight is 297 g/mol. The Morgan fingerprint density at radius 1 is 1.05 bits per heavy atom. The summed E-state index contributed by atoms with van der Waals surface area (Å²) in [5, 5.41) is 2.88. The van der Waals surface area contributed by atoms with Crippen molar-refractivity contribution in [2.75, 3.05) is 12.4 Å². The van der Waals surface area contributed by atoms with Crippen LogP contribution in [0.2, 0.25) is 0 Å². The molecule has 0 aliphatic rings. The van der Waals surface area contributed by atoms with Crippen LogP contribution < -0.4 is 5.32 Å². The molecule has 1 amide bonds. The molecule has 0 unspecified atom stereocenters. The van der Waals surface area contributed by atoms with Crippen molar-refractivity contribution < 1.29 is 14.3 Å². The number of benzene rings is 2. The molecule has 0 saturated carbocycles. The van der Waals surface area contributed by atoms with E-state index < -0.39 is 0 Å². The molecule has 0 atom stereocenters. The molecule has 0 aliphatic heterocycles. The molecular weight excluding hydrogens is 278 g/mol. The average Bonchev–Trinajstić information content (AvgIpc) is 2.50. The van der Waals surface area contributed by atoms with Crippen LogP contribution in [0.3, 0.4) is 0 Å². The number of esters is 1. The van der Waals surface area contributed by atoms with Crippen molar-refractivity contribution in [3.05, 3.63) is 64.7 Å². The summed E-state index contributed by atoms with van der Waals surface area (Å²) in [5.41, 5.74) is 4.09. The lowest BCUT2D eigenvalue weighted by Crippen LogP contribution is -2.16. The lowest BCUT2D eigenvalue weighted by molar-refractivity contribution is -0.115. The molecule has 2 aromatic rings. The van der Waals surface area contributed by atoms with Crippen molar-refractivity contribution in [3.63, 3.8) is 0 Å². The molecule has 114 valence electrons. The number of methoxy groups -OCH3 is 1. The molecule has 4 heteroatoms. The highest BCUT2D eigenvalue weighted by Crippen LogP contribution is 2.18. The number of carbonyl (C=O) groups excluding carboxylic acids is 2. The Labute approximate surface area is 130 Å². The number of hydrogen-bond acceptors (Lipinski definition) is 3. The number of anilines is 1. The van der Waals surface area contributed by atoms with Crippen molar-refractivity contribution in [3.8, 4) is 0 Å².